The Labute approximate surface area is 102 Å². The maximum Gasteiger partial charge on any atom is 0.174 e. The SMILES string of the molecule is Cc1nnc(SCCNCc2ccoc2)s1. The van der Waals surface area contributed by atoms with Gasteiger partial charge in [-0.3, -0.25) is 0 Å². The summed E-state index contributed by atoms with van der Waals surface area (Å²) >= 11 is 3.38. The number of aromatic nitrogens is 2. The van der Waals surface area contributed by atoms with Crippen molar-refractivity contribution in [3.05, 3.63) is 29.2 Å². The molecule has 0 amide bonds. The second-order valence-electron chi connectivity index (χ2n) is 3.24. The molecule has 0 unspecified atom stereocenters. The number of nitrogens with one attached hydrogen (secondary N) is 1. The zero-order valence-electron chi connectivity index (χ0n) is 8.97. The van der Waals surface area contributed by atoms with Gasteiger partial charge < -0.3 is 9.73 Å². The van der Waals surface area contributed by atoms with Crippen molar-refractivity contribution in [3.63, 3.8) is 0 Å². The molecule has 0 atom stereocenters. The highest BCUT2D eigenvalue weighted by molar-refractivity contribution is 8.01. The maximum atomic E-state index is 4.98. The molecular weight excluding hydrogens is 242 g/mol. The summed E-state index contributed by atoms with van der Waals surface area (Å²) in [7, 11) is 0. The van der Waals surface area contributed by atoms with E-state index in [0.29, 0.717) is 0 Å². The van der Waals surface area contributed by atoms with Crippen molar-refractivity contribution in [2.75, 3.05) is 12.3 Å². The third-order valence-corrected chi connectivity index (χ3v) is 3.89. The Balaban J connectivity index is 1.59. The molecule has 0 aliphatic heterocycles. The first-order chi connectivity index (χ1) is 7.84. The lowest BCUT2D eigenvalue weighted by atomic mass is 10.3. The Kier molecular flexibility index (Phi) is 4.38. The van der Waals surface area contributed by atoms with Gasteiger partial charge in [-0.05, 0) is 13.0 Å². The summed E-state index contributed by atoms with van der Waals surface area (Å²) in [6.07, 6.45) is 3.45. The number of thioether (sulfide) groups is 1. The lowest BCUT2D eigenvalue weighted by molar-refractivity contribution is 0.561. The summed E-state index contributed by atoms with van der Waals surface area (Å²) in [6.45, 7) is 3.78. The van der Waals surface area contributed by atoms with Gasteiger partial charge in [-0.2, -0.15) is 0 Å². The van der Waals surface area contributed by atoms with Gasteiger partial charge in [0.25, 0.3) is 0 Å². The highest BCUT2D eigenvalue weighted by Gasteiger charge is 2.00. The highest BCUT2D eigenvalue weighted by Crippen LogP contribution is 2.20. The average Bonchev–Trinajstić information content (AvgIpc) is 2.89. The number of rotatable bonds is 6. The van der Waals surface area contributed by atoms with E-state index >= 15 is 0 Å². The van der Waals surface area contributed by atoms with Crippen molar-refractivity contribution in [1.82, 2.24) is 15.5 Å². The second-order valence-corrected chi connectivity index (χ2v) is 5.77. The molecule has 2 aromatic heterocycles. The van der Waals surface area contributed by atoms with Gasteiger partial charge in [0.15, 0.2) is 4.34 Å². The van der Waals surface area contributed by atoms with Gasteiger partial charge in [0.1, 0.15) is 5.01 Å². The predicted octanol–water partition coefficient (Wildman–Crippen LogP) is 2.32. The highest BCUT2D eigenvalue weighted by atomic mass is 32.2. The molecular formula is C10H13N3OS2. The Morgan fingerprint density at radius 3 is 3.12 bits per heavy atom. The quantitative estimate of drug-likeness (QED) is 0.634. The molecule has 0 aromatic carbocycles. The van der Waals surface area contributed by atoms with Crippen LogP contribution in [0, 0.1) is 6.92 Å². The molecule has 0 radical (unpaired) electrons. The minimum atomic E-state index is 0.853. The lowest BCUT2D eigenvalue weighted by Gasteiger charge is -2.00. The van der Waals surface area contributed by atoms with Crippen LogP contribution in [0.25, 0.3) is 0 Å². The van der Waals surface area contributed by atoms with E-state index in [1.165, 1.54) is 5.56 Å². The van der Waals surface area contributed by atoms with E-state index in [-0.39, 0.29) is 0 Å². The third kappa shape index (κ3) is 3.62. The fourth-order valence-corrected chi connectivity index (χ4v) is 2.96. The minimum absolute atomic E-state index is 0.853. The zero-order valence-corrected chi connectivity index (χ0v) is 10.6. The van der Waals surface area contributed by atoms with Crippen molar-refractivity contribution < 1.29 is 4.42 Å². The number of hydrogen-bond donors (Lipinski definition) is 1. The van der Waals surface area contributed by atoms with Crippen molar-refractivity contribution in [2.24, 2.45) is 0 Å². The first kappa shape index (κ1) is 11.6. The number of furan rings is 1. The fourth-order valence-electron chi connectivity index (χ4n) is 1.17. The summed E-state index contributed by atoms with van der Waals surface area (Å²) in [5, 5.41) is 12.4. The monoisotopic (exact) mass is 255 g/mol. The van der Waals surface area contributed by atoms with E-state index in [4.69, 9.17) is 4.42 Å². The van der Waals surface area contributed by atoms with Crippen LogP contribution in [0.5, 0.6) is 0 Å². The minimum Gasteiger partial charge on any atom is -0.472 e. The molecule has 2 aromatic rings. The van der Waals surface area contributed by atoms with Crippen LogP contribution in [0.2, 0.25) is 0 Å². The largest absolute Gasteiger partial charge is 0.472 e. The van der Waals surface area contributed by atoms with Gasteiger partial charge in [-0.15, -0.1) is 10.2 Å². The molecule has 0 spiro atoms. The fraction of sp³-hybridized carbons (Fsp3) is 0.400. The van der Waals surface area contributed by atoms with Crippen LogP contribution in [-0.2, 0) is 6.54 Å². The normalized spacial score (nSPS) is 10.8. The zero-order chi connectivity index (χ0) is 11.2. The summed E-state index contributed by atoms with van der Waals surface area (Å²) in [5.74, 6) is 1.01. The van der Waals surface area contributed by atoms with Crippen LogP contribution >= 0.6 is 23.1 Å². The van der Waals surface area contributed by atoms with Crippen molar-refractivity contribution >= 4 is 23.1 Å². The number of aryl methyl sites for hydroxylation is 1. The summed E-state index contributed by atoms with van der Waals surface area (Å²) in [5.41, 5.74) is 1.18. The van der Waals surface area contributed by atoms with Gasteiger partial charge >= 0.3 is 0 Å². The first-order valence-corrected chi connectivity index (χ1v) is 6.79. The average molecular weight is 255 g/mol. The van der Waals surface area contributed by atoms with Gasteiger partial charge in [0.2, 0.25) is 0 Å². The topological polar surface area (TPSA) is 51.0 Å². The van der Waals surface area contributed by atoms with Crippen molar-refractivity contribution in [1.29, 1.82) is 0 Å². The van der Waals surface area contributed by atoms with E-state index in [1.807, 2.05) is 13.0 Å². The third-order valence-electron chi connectivity index (χ3n) is 1.92. The van der Waals surface area contributed by atoms with Gasteiger partial charge in [0, 0.05) is 24.4 Å². The van der Waals surface area contributed by atoms with E-state index in [9.17, 15) is 0 Å². The molecule has 0 aliphatic carbocycles. The molecule has 1 N–H and O–H groups in total. The van der Waals surface area contributed by atoms with E-state index in [0.717, 1.165) is 28.2 Å². The molecule has 0 aliphatic rings. The van der Waals surface area contributed by atoms with E-state index in [2.05, 4.69) is 15.5 Å². The molecule has 0 bridgehead atoms. The molecule has 2 heterocycles. The van der Waals surface area contributed by atoms with E-state index < -0.39 is 0 Å². The molecule has 0 saturated heterocycles. The Morgan fingerprint density at radius 2 is 2.44 bits per heavy atom. The molecule has 4 nitrogen and oxygen atoms in total. The van der Waals surface area contributed by atoms with Crippen LogP contribution in [-0.4, -0.2) is 22.5 Å². The smallest absolute Gasteiger partial charge is 0.174 e. The predicted molar refractivity (Wildman–Crippen MR) is 65.8 cm³/mol. The van der Waals surface area contributed by atoms with E-state index in [1.54, 1.807) is 35.6 Å². The van der Waals surface area contributed by atoms with Crippen LogP contribution in [0.1, 0.15) is 10.6 Å². The summed E-state index contributed by atoms with van der Waals surface area (Å²) in [6, 6.07) is 1.97. The van der Waals surface area contributed by atoms with Crippen molar-refractivity contribution in [3.8, 4) is 0 Å². The van der Waals surface area contributed by atoms with Crippen molar-refractivity contribution in [2.45, 2.75) is 17.8 Å². The molecule has 0 saturated carbocycles. The summed E-state index contributed by atoms with van der Waals surface area (Å²) < 4.78 is 6.03. The van der Waals surface area contributed by atoms with Crippen LogP contribution < -0.4 is 5.32 Å². The summed E-state index contributed by atoms with van der Waals surface area (Å²) in [4.78, 5) is 0. The first-order valence-electron chi connectivity index (χ1n) is 4.99. The molecule has 86 valence electrons. The van der Waals surface area contributed by atoms with Crippen LogP contribution in [0.3, 0.4) is 0 Å². The van der Waals surface area contributed by atoms with Crippen LogP contribution in [0.15, 0.2) is 27.3 Å². The van der Waals surface area contributed by atoms with Gasteiger partial charge in [0.05, 0.1) is 12.5 Å². The lowest BCUT2D eigenvalue weighted by Crippen LogP contribution is -2.15. The maximum absolute atomic E-state index is 4.98. The number of nitrogens with zero attached hydrogens (tertiary/aromatic N) is 2. The molecule has 2 rings (SSSR count). The van der Waals surface area contributed by atoms with Gasteiger partial charge in [-0.1, -0.05) is 23.1 Å². The molecule has 6 heteroatoms. The number of hydrogen-bond acceptors (Lipinski definition) is 6. The standard InChI is InChI=1S/C10H13N3OS2/c1-8-12-13-10(16-8)15-5-3-11-6-9-2-4-14-7-9/h2,4,7,11H,3,5-6H2,1H3. The molecule has 16 heavy (non-hydrogen) atoms. The Hall–Kier alpha value is -0.850. The van der Waals surface area contributed by atoms with Gasteiger partial charge in [-0.25, -0.2) is 0 Å². The Morgan fingerprint density at radius 1 is 1.50 bits per heavy atom. The van der Waals surface area contributed by atoms with Crippen LogP contribution in [0.4, 0.5) is 0 Å². The Bertz CT molecular complexity index is 413. The second kappa shape index (κ2) is 6.03. The molecule has 0 fully saturated rings.